The second-order valence-corrected chi connectivity index (χ2v) is 20.3. The normalized spacial score (nSPS) is 12.1. The highest BCUT2D eigenvalue weighted by atomic mass is 16.6. The van der Waals surface area contributed by atoms with Gasteiger partial charge in [-0.05, 0) is 64.2 Å². The van der Waals surface area contributed by atoms with Gasteiger partial charge in [-0.3, -0.25) is 14.4 Å². The minimum atomic E-state index is -0.771. The lowest BCUT2D eigenvalue weighted by Crippen LogP contribution is -2.30. The van der Waals surface area contributed by atoms with Crippen molar-refractivity contribution in [2.45, 2.75) is 335 Å². The smallest absolute Gasteiger partial charge is 0.306 e. The first-order valence-electron chi connectivity index (χ1n) is 29.8. The number of rotatable bonds is 55. The van der Waals surface area contributed by atoms with Crippen molar-refractivity contribution in [2.75, 3.05) is 13.2 Å². The third-order valence-corrected chi connectivity index (χ3v) is 13.4. The molecule has 394 valence electrons. The summed E-state index contributed by atoms with van der Waals surface area (Å²) in [7, 11) is 0. The van der Waals surface area contributed by atoms with E-state index in [0.717, 1.165) is 70.6 Å². The Morgan fingerprint density at radius 3 is 0.806 bits per heavy atom. The Morgan fingerprint density at radius 2 is 0.522 bits per heavy atom. The second kappa shape index (κ2) is 56.5. The average Bonchev–Trinajstić information content (AvgIpc) is 3.33. The zero-order valence-corrected chi connectivity index (χ0v) is 45.2. The molecule has 0 spiro atoms. The van der Waals surface area contributed by atoms with Gasteiger partial charge in [0, 0.05) is 19.3 Å². The second-order valence-electron chi connectivity index (χ2n) is 20.3. The number of ether oxygens (including phenoxy) is 3. The third-order valence-electron chi connectivity index (χ3n) is 13.4. The molecule has 0 aliphatic carbocycles. The van der Waals surface area contributed by atoms with Crippen LogP contribution in [0.4, 0.5) is 0 Å². The molecule has 0 aromatic rings. The number of carbonyl (C=O) groups excluding carboxylic acids is 3. The maximum Gasteiger partial charge on any atom is 0.306 e. The molecule has 0 aromatic carbocycles. The van der Waals surface area contributed by atoms with Crippen LogP contribution in [0.15, 0.2) is 24.3 Å². The summed E-state index contributed by atoms with van der Waals surface area (Å²) in [6.45, 7) is 6.62. The monoisotopic (exact) mass is 943 g/mol. The van der Waals surface area contributed by atoms with Crippen molar-refractivity contribution < 1.29 is 28.6 Å². The van der Waals surface area contributed by atoms with Gasteiger partial charge in [0.1, 0.15) is 13.2 Å². The summed E-state index contributed by atoms with van der Waals surface area (Å²) in [6, 6.07) is 0. The van der Waals surface area contributed by atoms with E-state index in [1.54, 1.807) is 0 Å². The minimum absolute atomic E-state index is 0.0707. The summed E-state index contributed by atoms with van der Waals surface area (Å²) in [6.07, 6.45) is 66.1. The van der Waals surface area contributed by atoms with Gasteiger partial charge < -0.3 is 14.2 Å². The van der Waals surface area contributed by atoms with E-state index in [0.29, 0.717) is 19.3 Å². The van der Waals surface area contributed by atoms with Crippen molar-refractivity contribution in [2.24, 2.45) is 0 Å². The molecule has 67 heavy (non-hydrogen) atoms. The standard InChI is InChI=1S/C61H114O6/c1-4-7-10-13-16-19-22-24-26-28-30-31-32-34-35-37-39-42-45-48-51-54-60(63)66-57-58(56-65-59(62)53-50-47-44-41-21-18-15-12-9-6-3)67-61(64)55-52-49-46-43-40-38-36-33-29-27-25-23-20-17-14-11-8-5-2/h12,15,28,30,58H,4-11,13-14,16-27,29,31-57H2,1-3H3/b15-12-,30-28-. The van der Waals surface area contributed by atoms with Crippen LogP contribution < -0.4 is 0 Å². The lowest BCUT2D eigenvalue weighted by molar-refractivity contribution is -0.167. The van der Waals surface area contributed by atoms with Crippen LogP contribution in [0.2, 0.25) is 0 Å². The molecule has 0 rings (SSSR count). The van der Waals surface area contributed by atoms with Crippen LogP contribution in [0.25, 0.3) is 0 Å². The number of hydrogen-bond donors (Lipinski definition) is 0. The molecule has 0 aliphatic rings. The van der Waals surface area contributed by atoms with Crippen LogP contribution >= 0.6 is 0 Å². The van der Waals surface area contributed by atoms with E-state index in [1.165, 1.54) is 218 Å². The first-order valence-corrected chi connectivity index (χ1v) is 29.8. The van der Waals surface area contributed by atoms with E-state index in [-0.39, 0.29) is 31.1 Å². The SMILES string of the molecule is CCC/C=C\CCCCCCCC(=O)OCC(COC(=O)CCCCCCCCCCC/C=C\CCCCCCCCCC)OC(=O)CCCCCCCCCCCCCCCCCCCC. The van der Waals surface area contributed by atoms with Gasteiger partial charge >= 0.3 is 17.9 Å². The maximum atomic E-state index is 12.8. The van der Waals surface area contributed by atoms with E-state index in [2.05, 4.69) is 45.1 Å². The molecule has 0 fully saturated rings. The summed E-state index contributed by atoms with van der Waals surface area (Å²) < 4.78 is 16.9. The fourth-order valence-electron chi connectivity index (χ4n) is 8.91. The highest BCUT2D eigenvalue weighted by Gasteiger charge is 2.19. The molecule has 0 saturated carbocycles. The molecule has 0 bridgehead atoms. The molecule has 0 heterocycles. The summed E-state index contributed by atoms with van der Waals surface area (Å²) >= 11 is 0. The summed E-state index contributed by atoms with van der Waals surface area (Å²) in [5, 5.41) is 0. The lowest BCUT2D eigenvalue weighted by atomic mass is 10.0. The minimum Gasteiger partial charge on any atom is -0.462 e. The summed E-state index contributed by atoms with van der Waals surface area (Å²) in [5.41, 5.74) is 0. The third kappa shape index (κ3) is 54.7. The molecule has 0 amide bonds. The van der Waals surface area contributed by atoms with Gasteiger partial charge in [0.05, 0.1) is 0 Å². The molecule has 6 heteroatoms. The number of hydrogen-bond acceptors (Lipinski definition) is 6. The van der Waals surface area contributed by atoms with Crippen LogP contribution in [-0.2, 0) is 28.6 Å². The fourth-order valence-corrected chi connectivity index (χ4v) is 8.91. The topological polar surface area (TPSA) is 78.9 Å². The zero-order valence-electron chi connectivity index (χ0n) is 45.2. The van der Waals surface area contributed by atoms with E-state index < -0.39 is 6.10 Å². The van der Waals surface area contributed by atoms with Gasteiger partial charge in [0.25, 0.3) is 0 Å². The number of esters is 3. The summed E-state index contributed by atoms with van der Waals surface area (Å²) in [4.78, 5) is 38.1. The quantitative estimate of drug-likeness (QED) is 0.0262. The van der Waals surface area contributed by atoms with Gasteiger partial charge in [0.15, 0.2) is 6.10 Å². The Balaban J connectivity index is 4.23. The molecule has 0 aliphatic heterocycles. The van der Waals surface area contributed by atoms with Crippen molar-refractivity contribution in [3.8, 4) is 0 Å². The van der Waals surface area contributed by atoms with E-state index >= 15 is 0 Å². The molecule has 1 unspecified atom stereocenters. The lowest BCUT2D eigenvalue weighted by Gasteiger charge is -2.18. The molecule has 0 saturated heterocycles. The molecular formula is C61H114O6. The molecule has 0 N–H and O–H groups in total. The first-order chi connectivity index (χ1) is 33.0. The molecular weight excluding hydrogens is 829 g/mol. The van der Waals surface area contributed by atoms with Gasteiger partial charge in [-0.25, -0.2) is 0 Å². The fraction of sp³-hybridized carbons (Fsp3) is 0.885. The van der Waals surface area contributed by atoms with E-state index in [9.17, 15) is 14.4 Å². The Kier molecular flexibility index (Phi) is 54.7. The predicted octanol–water partition coefficient (Wildman–Crippen LogP) is 19.9. The van der Waals surface area contributed by atoms with Gasteiger partial charge in [0.2, 0.25) is 0 Å². The van der Waals surface area contributed by atoms with Crippen LogP contribution in [0.5, 0.6) is 0 Å². The summed E-state index contributed by atoms with van der Waals surface area (Å²) in [5.74, 6) is -0.863. The van der Waals surface area contributed by atoms with Gasteiger partial charge in [-0.1, -0.05) is 270 Å². The molecule has 6 nitrogen and oxygen atoms in total. The molecule has 0 radical (unpaired) electrons. The van der Waals surface area contributed by atoms with Crippen molar-refractivity contribution >= 4 is 17.9 Å². The maximum absolute atomic E-state index is 12.8. The Morgan fingerprint density at radius 1 is 0.284 bits per heavy atom. The van der Waals surface area contributed by atoms with Gasteiger partial charge in [-0.15, -0.1) is 0 Å². The predicted molar refractivity (Wildman–Crippen MR) is 289 cm³/mol. The number of allylic oxidation sites excluding steroid dienone is 4. The van der Waals surface area contributed by atoms with E-state index in [1.807, 2.05) is 0 Å². The van der Waals surface area contributed by atoms with Crippen LogP contribution in [0.3, 0.4) is 0 Å². The zero-order chi connectivity index (χ0) is 48.6. The number of unbranched alkanes of at least 4 members (excludes halogenated alkanes) is 40. The number of carbonyl (C=O) groups is 3. The van der Waals surface area contributed by atoms with Crippen LogP contribution in [-0.4, -0.2) is 37.2 Å². The van der Waals surface area contributed by atoms with Crippen LogP contribution in [0, 0.1) is 0 Å². The Bertz CT molecular complexity index is 1080. The van der Waals surface area contributed by atoms with Gasteiger partial charge in [-0.2, -0.15) is 0 Å². The van der Waals surface area contributed by atoms with Crippen LogP contribution in [0.1, 0.15) is 329 Å². The van der Waals surface area contributed by atoms with Crippen molar-refractivity contribution in [1.29, 1.82) is 0 Å². The highest BCUT2D eigenvalue weighted by Crippen LogP contribution is 2.17. The average molecular weight is 944 g/mol. The largest absolute Gasteiger partial charge is 0.462 e. The molecule has 1 atom stereocenters. The Labute approximate surface area is 417 Å². The molecule has 0 aromatic heterocycles. The van der Waals surface area contributed by atoms with Crippen molar-refractivity contribution in [3.63, 3.8) is 0 Å². The Hall–Kier alpha value is -2.11. The first kappa shape index (κ1) is 64.9. The van der Waals surface area contributed by atoms with Crippen molar-refractivity contribution in [1.82, 2.24) is 0 Å². The van der Waals surface area contributed by atoms with E-state index in [4.69, 9.17) is 14.2 Å². The highest BCUT2D eigenvalue weighted by molar-refractivity contribution is 5.71. The van der Waals surface area contributed by atoms with Crippen molar-refractivity contribution in [3.05, 3.63) is 24.3 Å².